The number of thiocarbonyl (C=S) groups is 1. The molecular formula is C23H15BrClNO2S2. The van der Waals surface area contributed by atoms with Crippen LogP contribution in [0, 0.1) is 0 Å². The lowest BCUT2D eigenvalue weighted by Gasteiger charge is -2.14. The van der Waals surface area contributed by atoms with Crippen LogP contribution in [0.1, 0.15) is 11.1 Å². The molecule has 4 rings (SSSR count). The molecule has 0 bridgehead atoms. The van der Waals surface area contributed by atoms with Crippen molar-refractivity contribution < 1.29 is 9.53 Å². The Morgan fingerprint density at radius 3 is 2.43 bits per heavy atom. The maximum absolute atomic E-state index is 12.9. The number of carbonyl (C=O) groups is 1. The first-order valence-corrected chi connectivity index (χ1v) is 11.4. The molecule has 0 spiro atoms. The second-order valence-corrected chi connectivity index (χ2v) is 9.44. The van der Waals surface area contributed by atoms with E-state index in [1.165, 1.54) is 11.8 Å². The van der Waals surface area contributed by atoms with Crippen LogP contribution in [0.15, 0.2) is 82.2 Å². The van der Waals surface area contributed by atoms with Crippen molar-refractivity contribution in [2.75, 3.05) is 4.90 Å². The summed E-state index contributed by atoms with van der Waals surface area (Å²) >= 11 is 16.3. The van der Waals surface area contributed by atoms with Crippen molar-refractivity contribution in [1.29, 1.82) is 0 Å². The van der Waals surface area contributed by atoms with Gasteiger partial charge in [-0.05, 0) is 54.1 Å². The van der Waals surface area contributed by atoms with Gasteiger partial charge in [0.2, 0.25) is 0 Å². The summed E-state index contributed by atoms with van der Waals surface area (Å²) in [5.41, 5.74) is 2.59. The molecule has 0 N–H and O–H groups in total. The molecule has 1 heterocycles. The SMILES string of the molecule is O=C1/C(=C\c2ccc(OCc3ccccc3Cl)cc2)SC(=S)N1c1ccc(Br)cc1. The van der Waals surface area contributed by atoms with Gasteiger partial charge in [0.25, 0.3) is 5.91 Å². The third-order valence-corrected chi connectivity index (χ3v) is 6.61. The molecule has 0 atom stereocenters. The number of thioether (sulfide) groups is 1. The summed E-state index contributed by atoms with van der Waals surface area (Å²) < 4.78 is 7.28. The molecule has 1 aliphatic heterocycles. The fraction of sp³-hybridized carbons (Fsp3) is 0.0435. The van der Waals surface area contributed by atoms with Gasteiger partial charge in [-0.15, -0.1) is 0 Å². The summed E-state index contributed by atoms with van der Waals surface area (Å²) in [6, 6.07) is 22.7. The first-order chi connectivity index (χ1) is 14.5. The van der Waals surface area contributed by atoms with Gasteiger partial charge in [0.15, 0.2) is 4.32 Å². The number of hydrogen-bond acceptors (Lipinski definition) is 4. The lowest BCUT2D eigenvalue weighted by molar-refractivity contribution is -0.113. The molecule has 0 radical (unpaired) electrons. The molecule has 3 aromatic carbocycles. The number of anilines is 1. The Labute approximate surface area is 197 Å². The molecule has 1 amide bonds. The summed E-state index contributed by atoms with van der Waals surface area (Å²) in [7, 11) is 0. The number of nitrogens with zero attached hydrogens (tertiary/aromatic N) is 1. The molecule has 0 unspecified atom stereocenters. The second-order valence-electron chi connectivity index (χ2n) is 6.44. The number of rotatable bonds is 5. The molecule has 30 heavy (non-hydrogen) atoms. The molecule has 0 aromatic heterocycles. The highest BCUT2D eigenvalue weighted by Crippen LogP contribution is 2.36. The fourth-order valence-electron chi connectivity index (χ4n) is 2.87. The maximum atomic E-state index is 12.9. The third-order valence-electron chi connectivity index (χ3n) is 4.41. The third kappa shape index (κ3) is 4.78. The van der Waals surface area contributed by atoms with Gasteiger partial charge >= 0.3 is 0 Å². The Morgan fingerprint density at radius 1 is 1.03 bits per heavy atom. The van der Waals surface area contributed by atoms with E-state index in [1.54, 1.807) is 4.90 Å². The Hall–Kier alpha value is -2.12. The van der Waals surface area contributed by atoms with E-state index in [0.29, 0.717) is 20.9 Å². The molecule has 1 saturated heterocycles. The normalized spacial score (nSPS) is 15.1. The molecule has 0 aliphatic carbocycles. The van der Waals surface area contributed by atoms with Crippen molar-refractivity contribution in [3.63, 3.8) is 0 Å². The number of carbonyl (C=O) groups excluding carboxylic acids is 1. The van der Waals surface area contributed by atoms with Crippen LogP contribution < -0.4 is 9.64 Å². The predicted octanol–water partition coefficient (Wildman–Crippen LogP) is 7.09. The van der Waals surface area contributed by atoms with E-state index >= 15 is 0 Å². The van der Waals surface area contributed by atoms with Crippen LogP contribution in [0.25, 0.3) is 6.08 Å². The quantitative estimate of drug-likeness (QED) is 0.267. The van der Waals surface area contributed by atoms with E-state index in [2.05, 4.69) is 15.9 Å². The standard InChI is InChI=1S/C23H15BrClNO2S2/c24-17-7-9-18(10-8-17)26-22(27)21(30-23(26)29)13-15-5-11-19(12-6-15)28-14-16-3-1-2-4-20(16)25/h1-13H,14H2/b21-13+. The summed E-state index contributed by atoms with van der Waals surface area (Å²) in [6.45, 7) is 0.394. The van der Waals surface area contributed by atoms with Crippen molar-refractivity contribution >= 4 is 73.5 Å². The molecule has 0 saturated carbocycles. The van der Waals surface area contributed by atoms with Crippen molar-refractivity contribution in [3.05, 3.63) is 98.3 Å². The minimum Gasteiger partial charge on any atom is -0.489 e. The van der Waals surface area contributed by atoms with Crippen LogP contribution in [0.4, 0.5) is 5.69 Å². The van der Waals surface area contributed by atoms with E-state index in [0.717, 1.165) is 27.0 Å². The summed E-state index contributed by atoms with van der Waals surface area (Å²) in [4.78, 5) is 15.0. The van der Waals surface area contributed by atoms with Gasteiger partial charge in [-0.3, -0.25) is 9.69 Å². The Morgan fingerprint density at radius 2 is 1.73 bits per heavy atom. The molecule has 150 valence electrons. The fourth-order valence-corrected chi connectivity index (χ4v) is 4.62. The van der Waals surface area contributed by atoms with E-state index in [9.17, 15) is 4.79 Å². The average Bonchev–Trinajstić information content (AvgIpc) is 3.02. The summed E-state index contributed by atoms with van der Waals surface area (Å²) in [5.74, 6) is 0.612. The number of halogens is 2. The van der Waals surface area contributed by atoms with E-state index < -0.39 is 0 Å². The monoisotopic (exact) mass is 515 g/mol. The van der Waals surface area contributed by atoms with Crippen molar-refractivity contribution in [2.45, 2.75) is 6.61 Å². The van der Waals surface area contributed by atoms with Crippen LogP contribution in [0.2, 0.25) is 5.02 Å². The van der Waals surface area contributed by atoms with Crippen LogP contribution in [0.5, 0.6) is 5.75 Å². The van der Waals surface area contributed by atoms with Crippen LogP contribution in [-0.4, -0.2) is 10.2 Å². The van der Waals surface area contributed by atoms with Gasteiger partial charge in [-0.1, -0.05) is 81.8 Å². The smallest absolute Gasteiger partial charge is 0.270 e. The first-order valence-electron chi connectivity index (χ1n) is 9.01. The maximum Gasteiger partial charge on any atom is 0.270 e. The minimum atomic E-state index is -0.119. The molecular weight excluding hydrogens is 502 g/mol. The Balaban J connectivity index is 1.46. The zero-order chi connectivity index (χ0) is 21.1. The highest BCUT2D eigenvalue weighted by Gasteiger charge is 2.33. The number of ether oxygens (including phenoxy) is 1. The number of benzene rings is 3. The number of amides is 1. The second kappa shape index (κ2) is 9.35. The predicted molar refractivity (Wildman–Crippen MR) is 132 cm³/mol. The van der Waals surface area contributed by atoms with Gasteiger partial charge in [0, 0.05) is 15.1 Å². The summed E-state index contributed by atoms with van der Waals surface area (Å²) in [5, 5.41) is 0.682. The van der Waals surface area contributed by atoms with Gasteiger partial charge in [0.05, 0.1) is 10.6 Å². The number of hydrogen-bond donors (Lipinski definition) is 0. The average molecular weight is 517 g/mol. The molecule has 1 aliphatic rings. The highest BCUT2D eigenvalue weighted by atomic mass is 79.9. The zero-order valence-electron chi connectivity index (χ0n) is 15.5. The highest BCUT2D eigenvalue weighted by molar-refractivity contribution is 9.10. The van der Waals surface area contributed by atoms with Crippen LogP contribution in [0.3, 0.4) is 0 Å². The van der Waals surface area contributed by atoms with Crippen molar-refractivity contribution in [1.82, 2.24) is 0 Å². The Kier molecular flexibility index (Phi) is 6.58. The van der Waals surface area contributed by atoms with Crippen molar-refractivity contribution in [2.24, 2.45) is 0 Å². The van der Waals surface area contributed by atoms with E-state index in [1.807, 2.05) is 78.9 Å². The lowest BCUT2D eigenvalue weighted by atomic mass is 10.2. The lowest BCUT2D eigenvalue weighted by Crippen LogP contribution is -2.27. The van der Waals surface area contributed by atoms with E-state index in [4.69, 9.17) is 28.6 Å². The minimum absolute atomic E-state index is 0.119. The van der Waals surface area contributed by atoms with E-state index in [-0.39, 0.29) is 5.91 Å². The molecule has 1 fully saturated rings. The van der Waals surface area contributed by atoms with Crippen LogP contribution in [-0.2, 0) is 11.4 Å². The van der Waals surface area contributed by atoms with Gasteiger partial charge < -0.3 is 4.74 Å². The van der Waals surface area contributed by atoms with Crippen LogP contribution >= 0.6 is 51.5 Å². The first kappa shape index (κ1) is 21.1. The van der Waals surface area contributed by atoms with Gasteiger partial charge in [-0.25, -0.2) is 0 Å². The summed E-state index contributed by atoms with van der Waals surface area (Å²) in [6.07, 6.45) is 1.84. The van der Waals surface area contributed by atoms with Crippen molar-refractivity contribution in [3.8, 4) is 5.75 Å². The van der Waals surface area contributed by atoms with Gasteiger partial charge in [-0.2, -0.15) is 0 Å². The molecule has 3 nitrogen and oxygen atoms in total. The van der Waals surface area contributed by atoms with Gasteiger partial charge in [0.1, 0.15) is 12.4 Å². The zero-order valence-corrected chi connectivity index (χ0v) is 19.5. The largest absolute Gasteiger partial charge is 0.489 e. The molecule has 3 aromatic rings. The Bertz CT molecular complexity index is 1130. The molecule has 7 heteroatoms. The topological polar surface area (TPSA) is 29.5 Å².